The van der Waals surface area contributed by atoms with Crippen LogP contribution < -0.4 is 20.1 Å². The number of carbonyl (C=O) groups is 1. The standard InChI is InChI=1S/C25H28N2O5S/c1-16-12-18(3)25(33(29,30)19-10-11-22(31-4)23(14-19)32-5)21(13-16)26-15-24(28)27-20-9-7-6-8-17(20)2/h6-14,26H,15H2,1-5H3,(H,27,28). The first-order valence-electron chi connectivity index (χ1n) is 10.3. The summed E-state index contributed by atoms with van der Waals surface area (Å²) in [5, 5.41) is 5.86. The zero-order valence-corrected chi connectivity index (χ0v) is 20.2. The van der Waals surface area contributed by atoms with Crippen molar-refractivity contribution in [1.29, 1.82) is 0 Å². The van der Waals surface area contributed by atoms with Crippen LogP contribution in [0.1, 0.15) is 16.7 Å². The highest BCUT2D eigenvalue weighted by molar-refractivity contribution is 7.91. The van der Waals surface area contributed by atoms with Crippen molar-refractivity contribution in [3.8, 4) is 11.5 Å². The lowest BCUT2D eigenvalue weighted by Gasteiger charge is -2.17. The minimum Gasteiger partial charge on any atom is -0.493 e. The summed E-state index contributed by atoms with van der Waals surface area (Å²) in [5.41, 5.74) is 3.46. The quantitative estimate of drug-likeness (QED) is 0.505. The topological polar surface area (TPSA) is 93.7 Å². The molecule has 0 aliphatic rings. The summed E-state index contributed by atoms with van der Waals surface area (Å²) >= 11 is 0. The van der Waals surface area contributed by atoms with Crippen LogP contribution in [0.25, 0.3) is 0 Å². The molecule has 0 bridgehead atoms. The van der Waals surface area contributed by atoms with E-state index < -0.39 is 9.84 Å². The second kappa shape index (κ2) is 9.95. The summed E-state index contributed by atoms with van der Waals surface area (Å²) in [7, 11) is -0.982. The number of benzene rings is 3. The van der Waals surface area contributed by atoms with Gasteiger partial charge in [0.15, 0.2) is 11.5 Å². The number of nitrogens with one attached hydrogen (secondary N) is 2. The maximum absolute atomic E-state index is 13.6. The number of amides is 1. The fraction of sp³-hybridized carbons (Fsp3) is 0.240. The minimum atomic E-state index is -3.92. The number of anilines is 2. The summed E-state index contributed by atoms with van der Waals surface area (Å²) in [6, 6.07) is 15.4. The van der Waals surface area contributed by atoms with E-state index in [-0.39, 0.29) is 22.2 Å². The molecule has 8 heteroatoms. The third-order valence-corrected chi connectivity index (χ3v) is 7.17. The summed E-state index contributed by atoms with van der Waals surface area (Å²) in [4.78, 5) is 12.7. The van der Waals surface area contributed by atoms with Crippen LogP contribution in [0, 0.1) is 20.8 Å². The molecule has 174 valence electrons. The van der Waals surface area contributed by atoms with Crippen molar-refractivity contribution in [2.75, 3.05) is 31.4 Å². The predicted octanol–water partition coefficient (Wildman–Crippen LogP) is 4.51. The SMILES string of the molecule is COc1ccc(S(=O)(=O)c2c(C)cc(C)cc2NCC(=O)Nc2ccccc2C)cc1OC. The largest absolute Gasteiger partial charge is 0.493 e. The monoisotopic (exact) mass is 468 g/mol. The fourth-order valence-electron chi connectivity index (χ4n) is 3.63. The van der Waals surface area contributed by atoms with E-state index >= 15 is 0 Å². The Hall–Kier alpha value is -3.52. The van der Waals surface area contributed by atoms with Gasteiger partial charge in [0.2, 0.25) is 15.7 Å². The molecule has 2 N–H and O–H groups in total. The number of rotatable bonds is 8. The van der Waals surface area contributed by atoms with Crippen molar-refractivity contribution in [1.82, 2.24) is 0 Å². The molecule has 0 fully saturated rings. The molecule has 0 saturated heterocycles. The molecular formula is C25H28N2O5S. The van der Waals surface area contributed by atoms with Crippen molar-refractivity contribution >= 4 is 27.1 Å². The number of carbonyl (C=O) groups excluding carboxylic acids is 1. The summed E-state index contributed by atoms with van der Waals surface area (Å²) in [5.74, 6) is 0.469. The second-order valence-corrected chi connectivity index (χ2v) is 9.58. The van der Waals surface area contributed by atoms with Crippen LogP contribution in [0.5, 0.6) is 11.5 Å². The lowest BCUT2D eigenvalue weighted by atomic mass is 10.1. The van der Waals surface area contributed by atoms with Gasteiger partial charge in [-0.2, -0.15) is 0 Å². The maximum Gasteiger partial charge on any atom is 0.243 e. The van der Waals surface area contributed by atoms with Gasteiger partial charge in [0, 0.05) is 11.8 Å². The summed E-state index contributed by atoms with van der Waals surface area (Å²) in [6.45, 7) is 5.42. The maximum atomic E-state index is 13.6. The van der Waals surface area contributed by atoms with Gasteiger partial charge >= 0.3 is 0 Å². The Morgan fingerprint density at radius 3 is 2.21 bits per heavy atom. The summed E-state index contributed by atoms with van der Waals surface area (Å²) < 4.78 is 37.7. The highest BCUT2D eigenvalue weighted by Crippen LogP contribution is 2.36. The van der Waals surface area contributed by atoms with Crippen molar-refractivity contribution in [2.45, 2.75) is 30.6 Å². The lowest BCUT2D eigenvalue weighted by Crippen LogP contribution is -2.23. The Bertz CT molecular complexity index is 1290. The van der Waals surface area contributed by atoms with Gasteiger partial charge in [-0.3, -0.25) is 4.79 Å². The Morgan fingerprint density at radius 1 is 0.848 bits per heavy atom. The van der Waals surface area contributed by atoms with E-state index in [1.807, 2.05) is 38.1 Å². The van der Waals surface area contributed by atoms with Crippen molar-refractivity contribution in [3.63, 3.8) is 0 Å². The fourth-order valence-corrected chi connectivity index (χ4v) is 5.28. The first-order valence-corrected chi connectivity index (χ1v) is 11.8. The molecule has 0 aliphatic heterocycles. The van der Waals surface area contributed by atoms with Crippen LogP contribution in [-0.2, 0) is 14.6 Å². The molecule has 0 aliphatic carbocycles. The van der Waals surface area contributed by atoms with E-state index in [0.29, 0.717) is 28.4 Å². The van der Waals surface area contributed by atoms with E-state index in [4.69, 9.17) is 9.47 Å². The van der Waals surface area contributed by atoms with E-state index in [1.54, 1.807) is 25.1 Å². The summed E-state index contributed by atoms with van der Waals surface area (Å²) in [6.07, 6.45) is 0. The van der Waals surface area contributed by atoms with E-state index in [9.17, 15) is 13.2 Å². The zero-order chi connectivity index (χ0) is 24.2. The average molecular weight is 469 g/mol. The molecule has 0 atom stereocenters. The molecule has 0 heterocycles. The number of hydrogen-bond donors (Lipinski definition) is 2. The first-order chi connectivity index (χ1) is 15.7. The van der Waals surface area contributed by atoms with Crippen LogP contribution in [0.4, 0.5) is 11.4 Å². The van der Waals surface area contributed by atoms with Crippen LogP contribution in [-0.4, -0.2) is 35.1 Å². The number of hydrogen-bond acceptors (Lipinski definition) is 6. The van der Waals surface area contributed by atoms with Crippen LogP contribution in [0.15, 0.2) is 64.4 Å². The average Bonchev–Trinajstić information content (AvgIpc) is 2.78. The number of sulfone groups is 1. The molecule has 1 amide bonds. The van der Waals surface area contributed by atoms with Crippen molar-refractivity contribution in [2.24, 2.45) is 0 Å². The van der Waals surface area contributed by atoms with Gasteiger partial charge in [-0.15, -0.1) is 0 Å². The Balaban J connectivity index is 1.94. The predicted molar refractivity (Wildman–Crippen MR) is 129 cm³/mol. The van der Waals surface area contributed by atoms with Gasteiger partial charge in [-0.25, -0.2) is 8.42 Å². The molecule has 33 heavy (non-hydrogen) atoms. The van der Waals surface area contributed by atoms with Crippen molar-refractivity contribution < 1.29 is 22.7 Å². The molecule has 7 nitrogen and oxygen atoms in total. The van der Waals surface area contributed by atoms with Gasteiger partial charge in [0.05, 0.1) is 36.2 Å². The van der Waals surface area contributed by atoms with Gasteiger partial charge in [0.1, 0.15) is 0 Å². The molecule has 0 spiro atoms. The van der Waals surface area contributed by atoms with E-state index in [1.165, 1.54) is 26.4 Å². The molecule has 3 aromatic carbocycles. The number of aryl methyl sites for hydroxylation is 3. The Kier molecular flexibility index (Phi) is 7.28. The van der Waals surface area contributed by atoms with Gasteiger partial charge < -0.3 is 20.1 Å². The molecule has 0 radical (unpaired) electrons. The first kappa shape index (κ1) is 24.1. The lowest BCUT2D eigenvalue weighted by molar-refractivity contribution is -0.114. The third-order valence-electron chi connectivity index (χ3n) is 5.21. The smallest absolute Gasteiger partial charge is 0.243 e. The highest BCUT2D eigenvalue weighted by Gasteiger charge is 2.26. The third kappa shape index (κ3) is 5.28. The molecule has 0 aromatic heterocycles. The molecule has 0 saturated carbocycles. The van der Waals surface area contributed by atoms with Crippen LogP contribution in [0.2, 0.25) is 0 Å². The second-order valence-electron chi connectivity index (χ2n) is 7.70. The molecular weight excluding hydrogens is 440 g/mol. The minimum absolute atomic E-state index is 0.0690. The van der Waals surface area contributed by atoms with Crippen LogP contribution >= 0.6 is 0 Å². The Labute approximate surface area is 194 Å². The molecule has 3 aromatic rings. The number of ether oxygens (including phenoxy) is 2. The highest BCUT2D eigenvalue weighted by atomic mass is 32.2. The van der Waals surface area contributed by atoms with Gasteiger partial charge in [-0.05, 0) is 61.7 Å². The normalized spacial score (nSPS) is 11.1. The van der Waals surface area contributed by atoms with E-state index in [0.717, 1.165) is 11.1 Å². The van der Waals surface area contributed by atoms with Gasteiger partial charge in [-0.1, -0.05) is 24.3 Å². The zero-order valence-electron chi connectivity index (χ0n) is 19.4. The van der Waals surface area contributed by atoms with Crippen LogP contribution in [0.3, 0.4) is 0 Å². The number of para-hydroxylation sites is 1. The van der Waals surface area contributed by atoms with Crippen molar-refractivity contribution in [3.05, 3.63) is 71.3 Å². The molecule has 3 rings (SSSR count). The Morgan fingerprint density at radius 2 is 1.55 bits per heavy atom. The van der Waals surface area contributed by atoms with E-state index in [2.05, 4.69) is 10.6 Å². The number of methoxy groups -OCH3 is 2. The van der Waals surface area contributed by atoms with Gasteiger partial charge in [0.25, 0.3) is 0 Å². The molecule has 0 unspecified atom stereocenters.